The van der Waals surface area contributed by atoms with Crippen LogP contribution in [-0.4, -0.2) is 14.3 Å². The number of aromatic nitrogens is 3. The summed E-state index contributed by atoms with van der Waals surface area (Å²) in [5.41, 5.74) is 3.71. The topological polar surface area (TPSA) is 49.0 Å². The average molecular weight is 408 g/mol. The Morgan fingerprint density at radius 2 is 1.86 bits per heavy atom. The highest BCUT2D eigenvalue weighted by Gasteiger charge is 2.09. The molecule has 0 amide bonds. The lowest BCUT2D eigenvalue weighted by atomic mass is 10.2. The first kappa shape index (κ1) is 19.3. The molecule has 0 fully saturated rings. The van der Waals surface area contributed by atoms with Crippen molar-refractivity contribution < 1.29 is 4.74 Å². The fourth-order valence-corrected chi connectivity index (χ4v) is 3.46. The number of halogens is 1. The number of rotatable bonds is 6. The maximum Gasteiger partial charge on any atom is 0.258 e. The quantitative estimate of drug-likeness (QED) is 0.444. The molecule has 0 atom stereocenters. The number of benzene rings is 2. The fraction of sp³-hybridized carbons (Fsp3) is 0.217. The Labute approximate surface area is 174 Å². The molecule has 2 aromatic carbocycles. The summed E-state index contributed by atoms with van der Waals surface area (Å²) in [5.74, 6) is 0.536. The van der Waals surface area contributed by atoms with Gasteiger partial charge in [0, 0.05) is 40.6 Å². The van der Waals surface area contributed by atoms with Gasteiger partial charge in [-0.2, -0.15) is 5.10 Å². The normalized spacial score (nSPS) is 11.1. The molecule has 148 valence electrons. The minimum absolute atomic E-state index is 0.142. The van der Waals surface area contributed by atoms with Gasteiger partial charge in [-0.05, 0) is 55.3 Å². The monoisotopic (exact) mass is 407 g/mol. The van der Waals surface area contributed by atoms with Crippen molar-refractivity contribution in [3.05, 3.63) is 87.4 Å². The van der Waals surface area contributed by atoms with Gasteiger partial charge in [0.1, 0.15) is 12.4 Å². The molecule has 6 heteroatoms. The molecule has 0 aliphatic rings. The Kier molecular flexibility index (Phi) is 5.41. The Morgan fingerprint density at radius 3 is 2.59 bits per heavy atom. The number of hydrogen-bond donors (Lipinski definition) is 0. The second-order valence-electron chi connectivity index (χ2n) is 7.00. The van der Waals surface area contributed by atoms with Crippen LogP contribution < -0.4 is 10.3 Å². The van der Waals surface area contributed by atoms with Gasteiger partial charge < -0.3 is 4.74 Å². The summed E-state index contributed by atoms with van der Waals surface area (Å²) in [6, 6.07) is 16.6. The van der Waals surface area contributed by atoms with Crippen molar-refractivity contribution in [2.45, 2.75) is 33.4 Å². The van der Waals surface area contributed by atoms with E-state index in [0.29, 0.717) is 17.4 Å². The second kappa shape index (κ2) is 8.13. The number of hydrogen-bond acceptors (Lipinski definition) is 3. The van der Waals surface area contributed by atoms with Crippen LogP contribution in [0.1, 0.15) is 24.6 Å². The van der Waals surface area contributed by atoms with Crippen molar-refractivity contribution in [1.29, 1.82) is 0 Å². The molecule has 0 saturated carbocycles. The lowest BCUT2D eigenvalue weighted by Gasteiger charge is -2.09. The fourth-order valence-electron chi connectivity index (χ4n) is 3.34. The van der Waals surface area contributed by atoms with Crippen molar-refractivity contribution in [3.63, 3.8) is 0 Å². The van der Waals surface area contributed by atoms with E-state index in [1.165, 1.54) is 6.07 Å². The van der Waals surface area contributed by atoms with Crippen LogP contribution in [-0.2, 0) is 13.2 Å². The van der Waals surface area contributed by atoms with Gasteiger partial charge in [-0.3, -0.25) is 14.0 Å². The van der Waals surface area contributed by atoms with Crippen LogP contribution in [0, 0.1) is 6.92 Å². The van der Waals surface area contributed by atoms with Crippen LogP contribution in [0.15, 0.2) is 65.6 Å². The second-order valence-corrected chi connectivity index (χ2v) is 7.43. The predicted octanol–water partition coefficient (Wildman–Crippen LogP) is 5.14. The molecule has 0 bridgehead atoms. The van der Waals surface area contributed by atoms with Gasteiger partial charge in [-0.1, -0.05) is 30.7 Å². The van der Waals surface area contributed by atoms with E-state index < -0.39 is 0 Å². The van der Waals surface area contributed by atoms with Gasteiger partial charge >= 0.3 is 0 Å². The molecule has 2 heterocycles. The third-order valence-corrected chi connectivity index (χ3v) is 5.16. The molecule has 29 heavy (non-hydrogen) atoms. The van der Waals surface area contributed by atoms with E-state index in [0.717, 1.165) is 40.8 Å². The molecule has 5 nitrogen and oxygen atoms in total. The summed E-state index contributed by atoms with van der Waals surface area (Å²) in [6.45, 7) is 5.45. The van der Waals surface area contributed by atoms with Crippen LogP contribution in [0.2, 0.25) is 5.02 Å². The lowest BCUT2D eigenvalue weighted by Crippen LogP contribution is -2.16. The SMILES string of the molecule is CCCn1nc2ccc(-n3ccc(OCc4ccc(Cl)cc4)cc3=O)cc2c1C. The van der Waals surface area contributed by atoms with Gasteiger partial charge in [0.15, 0.2) is 0 Å². The number of aryl methyl sites for hydroxylation is 2. The van der Waals surface area contributed by atoms with Crippen molar-refractivity contribution in [1.82, 2.24) is 14.3 Å². The maximum atomic E-state index is 12.7. The van der Waals surface area contributed by atoms with Crippen molar-refractivity contribution in [3.8, 4) is 11.4 Å². The standard InChI is InChI=1S/C23H22ClN3O2/c1-3-11-27-16(2)21-13-19(8-9-22(21)25-27)26-12-10-20(14-23(26)28)29-15-17-4-6-18(24)7-5-17/h4-10,12-14H,3,11,15H2,1-2H3. The zero-order valence-electron chi connectivity index (χ0n) is 16.4. The van der Waals surface area contributed by atoms with Crippen LogP contribution in [0.3, 0.4) is 0 Å². The van der Waals surface area contributed by atoms with E-state index in [9.17, 15) is 4.79 Å². The van der Waals surface area contributed by atoms with Gasteiger partial charge in [-0.15, -0.1) is 0 Å². The number of nitrogens with zero attached hydrogens (tertiary/aromatic N) is 3. The van der Waals surface area contributed by atoms with E-state index in [1.807, 2.05) is 47.1 Å². The Balaban J connectivity index is 1.58. The Bertz CT molecular complexity index is 1210. The molecule has 0 spiro atoms. The zero-order chi connectivity index (χ0) is 20.4. The molecular weight excluding hydrogens is 386 g/mol. The first-order valence-corrected chi connectivity index (χ1v) is 10.0. The molecule has 0 aliphatic heterocycles. The van der Waals surface area contributed by atoms with Crippen molar-refractivity contribution in [2.75, 3.05) is 0 Å². The van der Waals surface area contributed by atoms with Crippen molar-refractivity contribution in [2.24, 2.45) is 0 Å². The third kappa shape index (κ3) is 4.05. The molecule has 0 aliphatic carbocycles. The summed E-state index contributed by atoms with van der Waals surface area (Å²) in [7, 11) is 0. The molecular formula is C23H22ClN3O2. The van der Waals surface area contributed by atoms with Crippen LogP contribution >= 0.6 is 11.6 Å². The summed E-state index contributed by atoms with van der Waals surface area (Å²) < 4.78 is 9.39. The smallest absolute Gasteiger partial charge is 0.258 e. The Morgan fingerprint density at radius 1 is 1.07 bits per heavy atom. The largest absolute Gasteiger partial charge is 0.489 e. The van der Waals surface area contributed by atoms with E-state index in [-0.39, 0.29) is 5.56 Å². The maximum absolute atomic E-state index is 12.7. The molecule has 0 unspecified atom stereocenters. The highest BCUT2D eigenvalue weighted by molar-refractivity contribution is 6.30. The van der Waals surface area contributed by atoms with E-state index >= 15 is 0 Å². The first-order chi connectivity index (χ1) is 14.0. The summed E-state index contributed by atoms with van der Waals surface area (Å²) in [6.07, 6.45) is 2.77. The van der Waals surface area contributed by atoms with E-state index in [2.05, 4.69) is 18.9 Å². The zero-order valence-corrected chi connectivity index (χ0v) is 17.2. The van der Waals surface area contributed by atoms with E-state index in [4.69, 9.17) is 16.3 Å². The summed E-state index contributed by atoms with van der Waals surface area (Å²) >= 11 is 5.90. The minimum atomic E-state index is -0.142. The first-order valence-electron chi connectivity index (χ1n) is 9.62. The molecule has 4 rings (SSSR count). The molecule has 0 N–H and O–H groups in total. The molecule has 2 aromatic heterocycles. The molecule has 4 aromatic rings. The number of ether oxygens (including phenoxy) is 1. The van der Waals surface area contributed by atoms with Gasteiger partial charge in [0.2, 0.25) is 0 Å². The predicted molar refractivity (Wildman–Crippen MR) is 116 cm³/mol. The van der Waals surface area contributed by atoms with Crippen LogP contribution in [0.5, 0.6) is 5.75 Å². The highest BCUT2D eigenvalue weighted by Crippen LogP contribution is 2.22. The van der Waals surface area contributed by atoms with E-state index in [1.54, 1.807) is 16.8 Å². The lowest BCUT2D eigenvalue weighted by molar-refractivity contribution is 0.305. The van der Waals surface area contributed by atoms with Crippen LogP contribution in [0.25, 0.3) is 16.6 Å². The van der Waals surface area contributed by atoms with Gasteiger partial charge in [0.05, 0.1) is 5.52 Å². The highest BCUT2D eigenvalue weighted by atomic mass is 35.5. The summed E-state index contributed by atoms with van der Waals surface area (Å²) in [5, 5.41) is 6.38. The average Bonchev–Trinajstić information content (AvgIpc) is 3.03. The summed E-state index contributed by atoms with van der Waals surface area (Å²) in [4.78, 5) is 12.7. The number of pyridine rings is 1. The minimum Gasteiger partial charge on any atom is -0.489 e. The van der Waals surface area contributed by atoms with Crippen LogP contribution in [0.4, 0.5) is 0 Å². The number of fused-ring (bicyclic) bond motifs is 1. The Hall–Kier alpha value is -3.05. The molecule has 0 radical (unpaired) electrons. The molecule has 0 saturated heterocycles. The third-order valence-electron chi connectivity index (χ3n) is 4.91. The van der Waals surface area contributed by atoms with Crippen molar-refractivity contribution >= 4 is 22.5 Å². The van der Waals surface area contributed by atoms with Gasteiger partial charge in [-0.25, -0.2) is 0 Å². The van der Waals surface area contributed by atoms with Gasteiger partial charge in [0.25, 0.3) is 5.56 Å².